The first-order chi connectivity index (χ1) is 8.84. The molecule has 1 aromatic heterocycles. The molecule has 0 saturated heterocycles. The molecule has 1 rings (SSSR count). The van der Waals surface area contributed by atoms with Crippen LogP contribution in [0.1, 0.15) is 30.6 Å². The molecule has 0 aliphatic carbocycles. The van der Waals surface area contributed by atoms with Crippen molar-refractivity contribution in [2.24, 2.45) is 0 Å². The van der Waals surface area contributed by atoms with Crippen LogP contribution in [0.2, 0.25) is 0 Å². The van der Waals surface area contributed by atoms with Crippen molar-refractivity contribution >= 4 is 11.9 Å². The zero-order valence-corrected chi connectivity index (χ0v) is 10.8. The van der Waals surface area contributed by atoms with Gasteiger partial charge in [0.25, 0.3) is 5.91 Å². The summed E-state index contributed by atoms with van der Waals surface area (Å²) in [6.45, 7) is 3.42. The molecule has 1 amide bonds. The number of amides is 1. The highest BCUT2D eigenvalue weighted by Gasteiger charge is 2.21. The van der Waals surface area contributed by atoms with Crippen molar-refractivity contribution in [2.75, 3.05) is 0 Å². The molecular weight excluding hydrogens is 248 g/mol. The van der Waals surface area contributed by atoms with Gasteiger partial charge >= 0.3 is 5.97 Å². The standard InChI is InChI=1S/C12H14N4O3/c1-12(2,8-13)15-11(19)9-3-5-16(14-7-9)6-4-10(17)18/h3,5,7H,4,6H2,1-2H3,(H-,15,17,18,19)/p+1. The van der Waals surface area contributed by atoms with Crippen molar-refractivity contribution in [1.82, 2.24) is 10.4 Å². The van der Waals surface area contributed by atoms with Gasteiger partial charge in [-0.25, -0.2) is 0 Å². The fraction of sp³-hybridized carbons (Fsp3) is 0.417. The summed E-state index contributed by atoms with van der Waals surface area (Å²) in [4.78, 5) is 22.2. The van der Waals surface area contributed by atoms with Crippen LogP contribution in [0.25, 0.3) is 0 Å². The van der Waals surface area contributed by atoms with Crippen LogP contribution in [-0.2, 0) is 11.3 Å². The summed E-state index contributed by atoms with van der Waals surface area (Å²) in [5, 5.41) is 23.8. The Morgan fingerprint density at radius 2 is 2.26 bits per heavy atom. The molecule has 1 heterocycles. The molecule has 0 aliphatic rings. The lowest BCUT2D eigenvalue weighted by atomic mass is 10.1. The van der Waals surface area contributed by atoms with Gasteiger partial charge < -0.3 is 10.4 Å². The molecule has 0 atom stereocenters. The third-order valence-electron chi connectivity index (χ3n) is 2.29. The highest BCUT2D eigenvalue weighted by molar-refractivity contribution is 5.94. The number of carbonyl (C=O) groups is 2. The molecule has 0 radical (unpaired) electrons. The highest BCUT2D eigenvalue weighted by Crippen LogP contribution is 2.02. The first kappa shape index (κ1) is 14.6. The normalized spacial score (nSPS) is 10.6. The van der Waals surface area contributed by atoms with Gasteiger partial charge in [-0.05, 0) is 18.9 Å². The van der Waals surface area contributed by atoms with Crippen LogP contribution in [0.3, 0.4) is 0 Å². The molecule has 19 heavy (non-hydrogen) atoms. The molecule has 7 nitrogen and oxygen atoms in total. The number of carboxylic acid groups (broad SMARTS) is 1. The average molecular weight is 263 g/mol. The fourth-order valence-electron chi connectivity index (χ4n) is 1.24. The zero-order valence-electron chi connectivity index (χ0n) is 10.8. The number of carbonyl (C=O) groups excluding carboxylic acids is 1. The molecule has 100 valence electrons. The Balaban J connectivity index is 2.69. The molecule has 0 saturated carbocycles. The Morgan fingerprint density at radius 1 is 1.58 bits per heavy atom. The van der Waals surface area contributed by atoms with E-state index >= 15 is 0 Å². The maximum atomic E-state index is 11.8. The van der Waals surface area contributed by atoms with Crippen molar-refractivity contribution in [1.29, 1.82) is 5.26 Å². The number of nitrogens with zero attached hydrogens (tertiary/aromatic N) is 3. The number of aliphatic carboxylic acids is 1. The summed E-state index contributed by atoms with van der Waals surface area (Å²) >= 11 is 0. The van der Waals surface area contributed by atoms with E-state index in [1.54, 1.807) is 13.8 Å². The predicted octanol–water partition coefficient (Wildman–Crippen LogP) is -0.124. The summed E-state index contributed by atoms with van der Waals surface area (Å²) in [5.74, 6) is -1.31. The van der Waals surface area contributed by atoms with E-state index in [2.05, 4.69) is 10.4 Å². The second kappa shape index (κ2) is 5.91. The van der Waals surface area contributed by atoms with Crippen molar-refractivity contribution in [3.63, 3.8) is 0 Å². The Kier molecular flexibility index (Phi) is 4.53. The third-order valence-corrected chi connectivity index (χ3v) is 2.29. The minimum absolute atomic E-state index is 0.0370. The topological polar surface area (TPSA) is 107 Å². The molecule has 0 spiro atoms. The van der Waals surface area contributed by atoms with Crippen LogP contribution in [0.5, 0.6) is 0 Å². The van der Waals surface area contributed by atoms with Gasteiger partial charge in [0.05, 0.1) is 11.6 Å². The van der Waals surface area contributed by atoms with E-state index in [0.717, 1.165) is 0 Å². The molecular formula is C12H15N4O3+. The van der Waals surface area contributed by atoms with Crippen molar-refractivity contribution in [2.45, 2.75) is 32.4 Å². The van der Waals surface area contributed by atoms with Gasteiger partial charge in [0.1, 0.15) is 18.2 Å². The number of aryl methyl sites for hydroxylation is 1. The predicted molar refractivity (Wildman–Crippen MR) is 63.8 cm³/mol. The van der Waals surface area contributed by atoms with Gasteiger partial charge in [0.2, 0.25) is 0 Å². The summed E-state index contributed by atoms with van der Waals surface area (Å²) in [6.07, 6.45) is 2.83. The van der Waals surface area contributed by atoms with E-state index < -0.39 is 17.4 Å². The second-order valence-corrected chi connectivity index (χ2v) is 4.51. The monoisotopic (exact) mass is 263 g/mol. The van der Waals surface area contributed by atoms with Gasteiger partial charge in [-0.15, -0.1) is 0 Å². The second-order valence-electron chi connectivity index (χ2n) is 4.51. The molecule has 0 bridgehead atoms. The first-order valence-corrected chi connectivity index (χ1v) is 5.65. The van der Waals surface area contributed by atoms with Gasteiger partial charge in [0, 0.05) is 6.07 Å². The lowest BCUT2D eigenvalue weighted by Crippen LogP contribution is -2.43. The van der Waals surface area contributed by atoms with Gasteiger partial charge in [-0.3, -0.25) is 9.59 Å². The molecule has 0 aliphatic heterocycles. The highest BCUT2D eigenvalue weighted by atomic mass is 16.4. The van der Waals surface area contributed by atoms with Crippen LogP contribution >= 0.6 is 0 Å². The van der Waals surface area contributed by atoms with E-state index in [9.17, 15) is 9.59 Å². The lowest BCUT2D eigenvalue weighted by molar-refractivity contribution is -0.753. The van der Waals surface area contributed by atoms with E-state index in [0.29, 0.717) is 5.56 Å². The third kappa shape index (κ3) is 4.71. The molecule has 0 unspecified atom stereocenters. The largest absolute Gasteiger partial charge is 0.481 e. The lowest BCUT2D eigenvalue weighted by Gasteiger charge is -2.16. The summed E-state index contributed by atoms with van der Waals surface area (Å²) < 4.78 is 1.43. The minimum atomic E-state index is -0.952. The summed E-state index contributed by atoms with van der Waals surface area (Å²) in [7, 11) is 0. The van der Waals surface area contributed by atoms with E-state index in [1.807, 2.05) is 6.07 Å². The number of aromatic nitrogens is 2. The van der Waals surface area contributed by atoms with Crippen LogP contribution < -0.4 is 10.00 Å². The molecule has 7 heteroatoms. The number of hydrogen-bond donors (Lipinski definition) is 2. The Hall–Kier alpha value is -2.49. The van der Waals surface area contributed by atoms with Gasteiger partial charge in [-0.1, -0.05) is 4.68 Å². The van der Waals surface area contributed by atoms with Crippen LogP contribution in [-0.4, -0.2) is 27.6 Å². The van der Waals surface area contributed by atoms with Crippen molar-refractivity contribution in [3.8, 4) is 6.07 Å². The number of carboxylic acids is 1. The van der Waals surface area contributed by atoms with E-state index in [4.69, 9.17) is 10.4 Å². The molecule has 2 N–H and O–H groups in total. The Morgan fingerprint density at radius 3 is 2.74 bits per heavy atom. The smallest absolute Gasteiger partial charge is 0.309 e. The summed E-state index contributed by atoms with van der Waals surface area (Å²) in [6, 6.07) is 3.49. The average Bonchev–Trinajstić information content (AvgIpc) is 2.36. The Labute approximate surface area is 110 Å². The summed E-state index contributed by atoms with van der Waals surface area (Å²) in [5.41, 5.74) is -0.637. The quantitative estimate of drug-likeness (QED) is 0.720. The molecule has 0 fully saturated rings. The van der Waals surface area contributed by atoms with Crippen LogP contribution in [0.15, 0.2) is 18.5 Å². The minimum Gasteiger partial charge on any atom is -0.481 e. The maximum Gasteiger partial charge on any atom is 0.309 e. The molecule has 0 aromatic carbocycles. The zero-order chi connectivity index (χ0) is 14.5. The number of rotatable bonds is 5. The SMILES string of the molecule is CC(C)(C#N)NC(=O)c1cc[n+](CCC(=O)O)nc1. The van der Waals surface area contributed by atoms with E-state index in [-0.39, 0.29) is 13.0 Å². The van der Waals surface area contributed by atoms with Crippen molar-refractivity contribution < 1.29 is 19.4 Å². The van der Waals surface area contributed by atoms with Crippen LogP contribution in [0.4, 0.5) is 0 Å². The molecule has 1 aromatic rings. The van der Waals surface area contributed by atoms with E-state index in [1.165, 1.54) is 23.1 Å². The van der Waals surface area contributed by atoms with Gasteiger partial charge in [0.15, 0.2) is 12.7 Å². The van der Waals surface area contributed by atoms with Crippen LogP contribution in [0, 0.1) is 11.3 Å². The maximum absolute atomic E-state index is 11.8. The number of hydrogen-bond acceptors (Lipinski definition) is 4. The first-order valence-electron chi connectivity index (χ1n) is 5.65. The fourth-order valence-corrected chi connectivity index (χ4v) is 1.24. The number of nitriles is 1. The van der Waals surface area contributed by atoms with Gasteiger partial charge in [-0.2, -0.15) is 5.26 Å². The Bertz CT molecular complexity index is 517. The number of nitrogens with one attached hydrogen (secondary N) is 1. The van der Waals surface area contributed by atoms with Crippen molar-refractivity contribution in [3.05, 3.63) is 24.0 Å².